The zero-order valence-electron chi connectivity index (χ0n) is 10.4. The summed E-state index contributed by atoms with van der Waals surface area (Å²) in [6.07, 6.45) is 1.15. The van der Waals surface area contributed by atoms with Gasteiger partial charge in [-0.15, -0.1) is 0 Å². The Hall–Kier alpha value is -1.20. The molecule has 1 unspecified atom stereocenters. The first kappa shape index (κ1) is 13.2. The molecule has 0 aliphatic carbocycles. The molecule has 1 heterocycles. The van der Waals surface area contributed by atoms with Gasteiger partial charge in [0.15, 0.2) is 17.4 Å². The molecule has 1 aliphatic rings. The average molecular weight is 256 g/mol. The fraction of sp³-hybridized carbons (Fsp3) is 0.538. The Balaban J connectivity index is 1.83. The molecule has 1 aromatic rings. The van der Waals surface area contributed by atoms with Gasteiger partial charge in [0.1, 0.15) is 0 Å². The Kier molecular flexibility index (Phi) is 4.14. The Bertz CT molecular complexity index is 402. The summed E-state index contributed by atoms with van der Waals surface area (Å²) in [6.45, 7) is 3.42. The van der Waals surface area contributed by atoms with E-state index in [2.05, 4.69) is 17.3 Å². The molecule has 1 atom stereocenters. The van der Waals surface area contributed by atoms with Crippen LogP contribution in [0.2, 0.25) is 0 Å². The minimum atomic E-state index is -0.910. The van der Waals surface area contributed by atoms with E-state index in [4.69, 9.17) is 5.11 Å². The van der Waals surface area contributed by atoms with Gasteiger partial charge in [-0.3, -0.25) is 0 Å². The largest absolute Gasteiger partial charge is 0.503 e. The number of aromatic hydroxyl groups is 1. The highest BCUT2D eigenvalue weighted by Gasteiger charge is 2.18. The van der Waals surface area contributed by atoms with Crippen molar-refractivity contribution in [1.29, 1.82) is 0 Å². The van der Waals surface area contributed by atoms with Crippen molar-refractivity contribution in [1.82, 2.24) is 10.2 Å². The van der Waals surface area contributed by atoms with Crippen LogP contribution >= 0.6 is 0 Å². The van der Waals surface area contributed by atoms with Crippen molar-refractivity contribution >= 4 is 0 Å². The predicted molar refractivity (Wildman–Crippen MR) is 65.3 cm³/mol. The van der Waals surface area contributed by atoms with E-state index in [1.54, 1.807) is 0 Å². The molecule has 1 aliphatic heterocycles. The maximum atomic E-state index is 13.1. The number of nitrogens with zero attached hydrogens (tertiary/aromatic N) is 1. The number of likely N-dealkylation sites (tertiary alicyclic amines) is 1. The summed E-state index contributed by atoms with van der Waals surface area (Å²) >= 11 is 0. The molecule has 0 spiro atoms. The third kappa shape index (κ3) is 3.17. The smallest absolute Gasteiger partial charge is 0.187 e. The summed E-state index contributed by atoms with van der Waals surface area (Å²) in [5.74, 6) is -2.13. The van der Waals surface area contributed by atoms with Crippen molar-refractivity contribution in [2.75, 3.05) is 26.7 Å². The summed E-state index contributed by atoms with van der Waals surface area (Å²) < 4.78 is 26.2. The highest BCUT2D eigenvalue weighted by Crippen LogP contribution is 2.21. The van der Waals surface area contributed by atoms with Gasteiger partial charge in [0.2, 0.25) is 0 Å². The SMILES string of the molecule is CN1CCC(CNCc2cc(F)c(O)c(F)c2)C1. The quantitative estimate of drug-likeness (QED) is 0.861. The summed E-state index contributed by atoms with van der Waals surface area (Å²) in [6, 6.07) is 2.32. The summed E-state index contributed by atoms with van der Waals surface area (Å²) in [7, 11) is 2.09. The Morgan fingerprint density at radius 2 is 2.06 bits per heavy atom. The van der Waals surface area contributed by atoms with Crippen LogP contribution in [0.3, 0.4) is 0 Å². The first-order valence-corrected chi connectivity index (χ1v) is 6.12. The number of phenolic OH excluding ortho intramolecular Hbond substituents is 1. The molecule has 100 valence electrons. The van der Waals surface area contributed by atoms with Crippen LogP contribution in [0, 0.1) is 17.6 Å². The lowest BCUT2D eigenvalue weighted by molar-refractivity contribution is 0.386. The van der Waals surface area contributed by atoms with Crippen LogP contribution in [-0.2, 0) is 6.54 Å². The van der Waals surface area contributed by atoms with Gasteiger partial charge < -0.3 is 15.3 Å². The number of hydrogen-bond acceptors (Lipinski definition) is 3. The van der Waals surface area contributed by atoms with Crippen LogP contribution in [0.15, 0.2) is 12.1 Å². The lowest BCUT2D eigenvalue weighted by atomic mass is 10.1. The van der Waals surface area contributed by atoms with Crippen molar-refractivity contribution in [2.24, 2.45) is 5.92 Å². The highest BCUT2D eigenvalue weighted by atomic mass is 19.1. The van der Waals surface area contributed by atoms with E-state index in [9.17, 15) is 8.78 Å². The first-order chi connectivity index (χ1) is 8.56. The van der Waals surface area contributed by atoms with Crippen LogP contribution in [0.5, 0.6) is 5.75 Å². The van der Waals surface area contributed by atoms with Crippen LogP contribution in [-0.4, -0.2) is 36.7 Å². The van der Waals surface area contributed by atoms with Gasteiger partial charge in [-0.1, -0.05) is 0 Å². The van der Waals surface area contributed by atoms with Gasteiger partial charge in [0, 0.05) is 13.1 Å². The molecule has 18 heavy (non-hydrogen) atoms. The summed E-state index contributed by atoms with van der Waals surface area (Å²) in [5, 5.41) is 12.2. The third-order valence-electron chi connectivity index (χ3n) is 3.33. The summed E-state index contributed by atoms with van der Waals surface area (Å²) in [5.41, 5.74) is 0.508. The van der Waals surface area contributed by atoms with Gasteiger partial charge in [0.25, 0.3) is 0 Å². The molecule has 0 amide bonds. The summed E-state index contributed by atoms with van der Waals surface area (Å²) in [4.78, 5) is 2.27. The molecule has 2 rings (SSSR count). The first-order valence-electron chi connectivity index (χ1n) is 6.12. The molecule has 1 fully saturated rings. The molecule has 5 heteroatoms. The van der Waals surface area contributed by atoms with E-state index < -0.39 is 17.4 Å². The molecule has 2 N–H and O–H groups in total. The second kappa shape index (κ2) is 5.63. The van der Waals surface area contributed by atoms with E-state index in [0.29, 0.717) is 18.0 Å². The maximum absolute atomic E-state index is 13.1. The maximum Gasteiger partial charge on any atom is 0.187 e. The second-order valence-electron chi connectivity index (χ2n) is 4.96. The fourth-order valence-corrected chi connectivity index (χ4v) is 2.33. The van der Waals surface area contributed by atoms with Crippen LogP contribution < -0.4 is 5.32 Å². The Labute approximate surface area is 105 Å². The molecule has 0 bridgehead atoms. The van der Waals surface area contributed by atoms with Crippen LogP contribution in [0.4, 0.5) is 8.78 Å². The van der Waals surface area contributed by atoms with Gasteiger partial charge in [-0.2, -0.15) is 0 Å². The van der Waals surface area contributed by atoms with Gasteiger partial charge in [-0.25, -0.2) is 8.78 Å². The number of nitrogens with one attached hydrogen (secondary N) is 1. The fourth-order valence-electron chi connectivity index (χ4n) is 2.33. The normalized spacial score (nSPS) is 20.5. The molecule has 1 aromatic carbocycles. The lowest BCUT2D eigenvalue weighted by Crippen LogP contribution is -2.24. The lowest BCUT2D eigenvalue weighted by Gasteiger charge is -2.12. The minimum absolute atomic E-state index is 0.411. The Morgan fingerprint density at radius 3 is 2.61 bits per heavy atom. The van der Waals surface area contributed by atoms with E-state index >= 15 is 0 Å². The second-order valence-corrected chi connectivity index (χ2v) is 4.96. The molecule has 0 aromatic heterocycles. The van der Waals surface area contributed by atoms with Crippen molar-refractivity contribution < 1.29 is 13.9 Å². The number of halogens is 2. The van der Waals surface area contributed by atoms with Gasteiger partial charge >= 0.3 is 0 Å². The number of phenols is 1. The molecule has 3 nitrogen and oxygen atoms in total. The molecule has 1 saturated heterocycles. The van der Waals surface area contributed by atoms with Crippen molar-refractivity contribution in [3.05, 3.63) is 29.3 Å². The highest BCUT2D eigenvalue weighted by molar-refractivity contribution is 5.29. The van der Waals surface area contributed by atoms with Gasteiger partial charge in [0.05, 0.1) is 0 Å². The molecule has 0 radical (unpaired) electrons. The van der Waals surface area contributed by atoms with E-state index in [-0.39, 0.29) is 0 Å². The third-order valence-corrected chi connectivity index (χ3v) is 3.33. The Morgan fingerprint density at radius 1 is 1.39 bits per heavy atom. The molecular weight excluding hydrogens is 238 g/mol. The van der Waals surface area contributed by atoms with Crippen LogP contribution in [0.1, 0.15) is 12.0 Å². The topological polar surface area (TPSA) is 35.5 Å². The van der Waals surface area contributed by atoms with E-state index in [1.165, 1.54) is 0 Å². The zero-order valence-corrected chi connectivity index (χ0v) is 10.4. The predicted octanol–water partition coefficient (Wildman–Crippen LogP) is 1.71. The number of rotatable bonds is 4. The van der Waals surface area contributed by atoms with E-state index in [0.717, 1.165) is 38.2 Å². The van der Waals surface area contributed by atoms with E-state index in [1.807, 2.05) is 0 Å². The number of benzene rings is 1. The molecular formula is C13H18F2N2O. The van der Waals surface area contributed by atoms with Gasteiger partial charge in [-0.05, 0) is 50.2 Å². The minimum Gasteiger partial charge on any atom is -0.503 e. The standard InChI is InChI=1S/C13H18F2N2O/c1-17-3-2-9(8-17)6-16-7-10-4-11(14)13(18)12(15)5-10/h4-5,9,16,18H,2-3,6-8H2,1H3. The average Bonchev–Trinajstić information content (AvgIpc) is 2.72. The van der Waals surface area contributed by atoms with Crippen molar-refractivity contribution in [2.45, 2.75) is 13.0 Å². The van der Waals surface area contributed by atoms with Crippen molar-refractivity contribution in [3.63, 3.8) is 0 Å². The van der Waals surface area contributed by atoms with Crippen molar-refractivity contribution in [3.8, 4) is 5.75 Å². The zero-order chi connectivity index (χ0) is 13.1. The monoisotopic (exact) mass is 256 g/mol. The number of hydrogen-bond donors (Lipinski definition) is 2. The molecule has 0 saturated carbocycles. The van der Waals surface area contributed by atoms with Crippen LogP contribution in [0.25, 0.3) is 0 Å².